The zero-order valence-electron chi connectivity index (χ0n) is 6.50. The minimum atomic E-state index is -0.259. The van der Waals surface area contributed by atoms with Crippen LogP contribution in [0, 0.1) is 0 Å². The molecule has 0 aliphatic carbocycles. The van der Waals surface area contributed by atoms with E-state index in [-0.39, 0.29) is 12.5 Å². The molecule has 10 heavy (non-hydrogen) atoms. The molecule has 0 aromatic rings. The van der Waals surface area contributed by atoms with Gasteiger partial charge in [0.25, 0.3) is 0 Å². The molecule has 0 saturated carbocycles. The third kappa shape index (κ3) is 2.22. The topological polar surface area (TPSA) is 50.5 Å². The highest BCUT2D eigenvalue weighted by atomic mass is 16.5. The van der Waals surface area contributed by atoms with Crippen LogP contribution in [0.4, 0.5) is 0 Å². The molecule has 0 bridgehead atoms. The van der Waals surface area contributed by atoms with Crippen molar-refractivity contribution in [3.63, 3.8) is 0 Å². The summed E-state index contributed by atoms with van der Waals surface area (Å²) < 4.78 is 5.30. The molecule has 4 heteroatoms. The molecule has 0 amide bonds. The summed E-state index contributed by atoms with van der Waals surface area (Å²) in [7, 11) is 4.04. The molecular weight excluding hydrogens is 130 g/mol. The SMILES string of the molecule is CN(C)CC1CNC(N)O1. The van der Waals surface area contributed by atoms with Gasteiger partial charge in [0.05, 0.1) is 6.10 Å². The lowest BCUT2D eigenvalue weighted by molar-refractivity contribution is 0.0328. The second kappa shape index (κ2) is 3.30. The van der Waals surface area contributed by atoms with E-state index in [1.165, 1.54) is 0 Å². The molecule has 0 radical (unpaired) electrons. The summed E-state index contributed by atoms with van der Waals surface area (Å²) in [5.74, 6) is 0. The average Bonchev–Trinajstić information content (AvgIpc) is 2.13. The molecule has 1 aliphatic rings. The molecule has 3 N–H and O–H groups in total. The van der Waals surface area contributed by atoms with Crippen molar-refractivity contribution in [2.24, 2.45) is 5.73 Å². The Kier molecular flexibility index (Phi) is 2.62. The molecule has 1 fully saturated rings. The number of nitrogens with two attached hydrogens (primary N) is 1. The number of rotatable bonds is 2. The monoisotopic (exact) mass is 145 g/mol. The lowest BCUT2D eigenvalue weighted by Crippen LogP contribution is -2.31. The summed E-state index contributed by atoms with van der Waals surface area (Å²) in [5, 5.41) is 3.00. The van der Waals surface area contributed by atoms with Gasteiger partial charge in [0, 0.05) is 13.1 Å². The van der Waals surface area contributed by atoms with Crippen LogP contribution in [0.25, 0.3) is 0 Å². The molecule has 0 aromatic heterocycles. The molecule has 1 rings (SSSR count). The fourth-order valence-corrected chi connectivity index (χ4v) is 1.07. The Labute approximate surface area is 61.3 Å². The van der Waals surface area contributed by atoms with Crippen LogP contribution in [0.3, 0.4) is 0 Å². The highest BCUT2D eigenvalue weighted by Gasteiger charge is 2.21. The van der Waals surface area contributed by atoms with Gasteiger partial charge >= 0.3 is 0 Å². The van der Waals surface area contributed by atoms with E-state index in [2.05, 4.69) is 10.2 Å². The second-order valence-corrected chi connectivity index (χ2v) is 2.85. The molecule has 1 saturated heterocycles. The summed E-state index contributed by atoms with van der Waals surface area (Å²) >= 11 is 0. The quantitative estimate of drug-likeness (QED) is 0.511. The van der Waals surface area contributed by atoms with E-state index in [1.807, 2.05) is 14.1 Å². The van der Waals surface area contributed by atoms with Crippen LogP contribution in [-0.4, -0.2) is 44.5 Å². The van der Waals surface area contributed by atoms with Gasteiger partial charge in [0.15, 0.2) is 6.35 Å². The molecule has 4 nitrogen and oxygen atoms in total. The summed E-state index contributed by atoms with van der Waals surface area (Å²) in [6.45, 7) is 1.79. The zero-order chi connectivity index (χ0) is 7.56. The highest BCUT2D eigenvalue weighted by molar-refractivity contribution is 4.71. The van der Waals surface area contributed by atoms with Gasteiger partial charge in [-0.25, -0.2) is 0 Å². The van der Waals surface area contributed by atoms with Crippen LogP contribution in [0.5, 0.6) is 0 Å². The van der Waals surface area contributed by atoms with Gasteiger partial charge in [0.1, 0.15) is 0 Å². The Morgan fingerprint density at radius 3 is 2.80 bits per heavy atom. The number of hydrogen-bond donors (Lipinski definition) is 2. The van der Waals surface area contributed by atoms with E-state index in [9.17, 15) is 0 Å². The van der Waals surface area contributed by atoms with Crippen molar-refractivity contribution in [1.82, 2.24) is 10.2 Å². The van der Waals surface area contributed by atoms with E-state index >= 15 is 0 Å². The van der Waals surface area contributed by atoms with E-state index in [4.69, 9.17) is 10.5 Å². The van der Waals surface area contributed by atoms with Crippen molar-refractivity contribution in [2.75, 3.05) is 27.2 Å². The van der Waals surface area contributed by atoms with Crippen molar-refractivity contribution in [3.8, 4) is 0 Å². The van der Waals surface area contributed by atoms with Gasteiger partial charge in [-0.05, 0) is 14.1 Å². The zero-order valence-corrected chi connectivity index (χ0v) is 6.50. The molecule has 1 aliphatic heterocycles. The van der Waals surface area contributed by atoms with Crippen molar-refractivity contribution >= 4 is 0 Å². The summed E-state index contributed by atoms with van der Waals surface area (Å²) in [4.78, 5) is 2.09. The van der Waals surface area contributed by atoms with Crippen LogP contribution in [0.2, 0.25) is 0 Å². The first-order chi connectivity index (χ1) is 4.68. The van der Waals surface area contributed by atoms with Gasteiger partial charge in [0.2, 0.25) is 0 Å². The molecular formula is C6H15N3O. The largest absolute Gasteiger partial charge is 0.344 e. The Balaban J connectivity index is 2.18. The van der Waals surface area contributed by atoms with Gasteiger partial charge in [-0.1, -0.05) is 0 Å². The second-order valence-electron chi connectivity index (χ2n) is 2.85. The van der Waals surface area contributed by atoms with E-state index in [0.29, 0.717) is 0 Å². The number of nitrogens with one attached hydrogen (secondary N) is 1. The Morgan fingerprint density at radius 2 is 2.40 bits per heavy atom. The fraction of sp³-hybridized carbons (Fsp3) is 1.00. The van der Waals surface area contributed by atoms with Gasteiger partial charge in [-0.15, -0.1) is 0 Å². The van der Waals surface area contributed by atoms with Crippen LogP contribution >= 0.6 is 0 Å². The third-order valence-electron chi connectivity index (χ3n) is 1.45. The summed E-state index contributed by atoms with van der Waals surface area (Å²) in [6.07, 6.45) is -0.00468. The predicted octanol–water partition coefficient (Wildman–Crippen LogP) is -1.22. The maximum Gasteiger partial charge on any atom is 0.161 e. The minimum absolute atomic E-state index is 0.255. The Morgan fingerprint density at radius 1 is 1.70 bits per heavy atom. The number of likely N-dealkylation sites (N-methyl/N-ethyl adjacent to an activating group) is 1. The fourth-order valence-electron chi connectivity index (χ4n) is 1.07. The molecule has 60 valence electrons. The molecule has 0 spiro atoms. The van der Waals surface area contributed by atoms with Crippen LogP contribution in [0.1, 0.15) is 0 Å². The third-order valence-corrected chi connectivity index (χ3v) is 1.45. The maximum absolute atomic E-state index is 5.45. The smallest absolute Gasteiger partial charge is 0.161 e. The average molecular weight is 145 g/mol. The van der Waals surface area contributed by atoms with Crippen LogP contribution in [0.15, 0.2) is 0 Å². The lowest BCUT2D eigenvalue weighted by Gasteiger charge is -2.14. The summed E-state index contributed by atoms with van der Waals surface area (Å²) in [6, 6.07) is 0. The lowest BCUT2D eigenvalue weighted by atomic mass is 10.3. The Bertz CT molecular complexity index is 107. The highest BCUT2D eigenvalue weighted by Crippen LogP contribution is 2.00. The maximum atomic E-state index is 5.45. The van der Waals surface area contributed by atoms with Crippen molar-refractivity contribution in [2.45, 2.75) is 12.5 Å². The standard InChI is InChI=1S/C6H15N3O/c1-9(2)4-5-3-8-6(7)10-5/h5-6,8H,3-4,7H2,1-2H3. The molecule has 1 heterocycles. The predicted molar refractivity (Wildman–Crippen MR) is 39.4 cm³/mol. The first-order valence-electron chi connectivity index (χ1n) is 3.47. The minimum Gasteiger partial charge on any atom is -0.344 e. The Hall–Kier alpha value is -0.160. The van der Waals surface area contributed by atoms with Gasteiger partial charge in [-0.2, -0.15) is 0 Å². The van der Waals surface area contributed by atoms with Crippen molar-refractivity contribution in [3.05, 3.63) is 0 Å². The summed E-state index contributed by atoms with van der Waals surface area (Å²) in [5.41, 5.74) is 5.45. The number of nitrogens with zero attached hydrogens (tertiary/aromatic N) is 1. The van der Waals surface area contributed by atoms with E-state index < -0.39 is 0 Å². The van der Waals surface area contributed by atoms with Gasteiger partial charge < -0.3 is 9.64 Å². The van der Waals surface area contributed by atoms with Crippen molar-refractivity contribution in [1.29, 1.82) is 0 Å². The molecule has 2 unspecified atom stereocenters. The number of hydrogen-bond acceptors (Lipinski definition) is 4. The normalized spacial score (nSPS) is 33.6. The first-order valence-corrected chi connectivity index (χ1v) is 3.47. The van der Waals surface area contributed by atoms with Crippen LogP contribution in [-0.2, 0) is 4.74 Å². The van der Waals surface area contributed by atoms with Crippen LogP contribution < -0.4 is 11.1 Å². The van der Waals surface area contributed by atoms with Gasteiger partial charge in [-0.3, -0.25) is 11.1 Å². The van der Waals surface area contributed by atoms with E-state index in [0.717, 1.165) is 13.1 Å². The molecule has 2 atom stereocenters. The molecule has 0 aromatic carbocycles. The first kappa shape index (κ1) is 7.94. The van der Waals surface area contributed by atoms with Crippen molar-refractivity contribution < 1.29 is 4.74 Å². The van der Waals surface area contributed by atoms with E-state index in [1.54, 1.807) is 0 Å². The number of ether oxygens (including phenoxy) is 1.